The van der Waals surface area contributed by atoms with E-state index in [0.29, 0.717) is 13.0 Å². The molecule has 0 saturated carbocycles. The van der Waals surface area contributed by atoms with Gasteiger partial charge >= 0.3 is 0 Å². The Kier molecular flexibility index (Phi) is 6.96. The lowest BCUT2D eigenvalue weighted by Crippen LogP contribution is -2.41. The predicted octanol–water partition coefficient (Wildman–Crippen LogP) is 3.86. The first kappa shape index (κ1) is 19.7. The Labute approximate surface area is 156 Å². The first-order valence-electron chi connectivity index (χ1n) is 9.02. The number of nitrogens with one attached hydrogen (secondary N) is 1. The maximum absolute atomic E-state index is 13.1. The average molecular weight is 352 g/mol. The molecule has 0 bridgehead atoms. The van der Waals surface area contributed by atoms with E-state index in [1.54, 1.807) is 11.9 Å². The molecule has 0 aromatic heterocycles. The zero-order chi connectivity index (χ0) is 19.1. The van der Waals surface area contributed by atoms with E-state index in [1.165, 1.54) is 0 Å². The van der Waals surface area contributed by atoms with Crippen molar-refractivity contribution in [2.45, 2.75) is 39.8 Å². The third-order valence-electron chi connectivity index (χ3n) is 4.32. The third kappa shape index (κ3) is 5.45. The largest absolute Gasteiger partial charge is 0.341 e. The molecule has 0 heterocycles. The summed E-state index contributed by atoms with van der Waals surface area (Å²) in [7, 11) is 1.78. The van der Waals surface area contributed by atoms with Crippen LogP contribution in [0.1, 0.15) is 43.0 Å². The van der Waals surface area contributed by atoms with Crippen LogP contribution in [0.15, 0.2) is 54.6 Å². The Hall–Kier alpha value is -2.62. The Morgan fingerprint density at radius 1 is 1.00 bits per heavy atom. The summed E-state index contributed by atoms with van der Waals surface area (Å²) in [5.41, 5.74) is 3.04. The molecule has 0 spiro atoms. The smallest absolute Gasteiger partial charge is 0.249 e. The summed E-state index contributed by atoms with van der Waals surface area (Å²) in [6.07, 6.45) is 0.401. The highest BCUT2D eigenvalue weighted by Gasteiger charge is 2.26. The van der Waals surface area contributed by atoms with Gasteiger partial charge in [-0.1, -0.05) is 68.4 Å². The Morgan fingerprint density at radius 3 is 2.23 bits per heavy atom. The molecule has 0 saturated heterocycles. The zero-order valence-electron chi connectivity index (χ0n) is 16.0. The summed E-state index contributed by atoms with van der Waals surface area (Å²) < 4.78 is 0. The quantitative estimate of drug-likeness (QED) is 0.823. The Balaban J connectivity index is 2.19. The second kappa shape index (κ2) is 9.18. The molecule has 2 aromatic carbocycles. The van der Waals surface area contributed by atoms with Gasteiger partial charge in [-0.2, -0.15) is 0 Å². The Bertz CT molecular complexity index is 741. The van der Waals surface area contributed by atoms with Crippen molar-refractivity contribution in [3.63, 3.8) is 0 Å². The van der Waals surface area contributed by atoms with Gasteiger partial charge in [-0.3, -0.25) is 9.59 Å². The van der Waals surface area contributed by atoms with E-state index < -0.39 is 6.04 Å². The van der Waals surface area contributed by atoms with Crippen LogP contribution in [0.2, 0.25) is 0 Å². The maximum Gasteiger partial charge on any atom is 0.249 e. The van der Waals surface area contributed by atoms with Crippen LogP contribution in [0, 0.1) is 12.8 Å². The number of aryl methyl sites for hydroxylation is 1. The highest BCUT2D eigenvalue weighted by atomic mass is 16.2. The van der Waals surface area contributed by atoms with Crippen LogP contribution in [0.25, 0.3) is 0 Å². The van der Waals surface area contributed by atoms with Gasteiger partial charge in [0.05, 0.1) is 0 Å². The number of carbonyl (C=O) groups excluding carboxylic acids is 2. The molecule has 138 valence electrons. The lowest BCUT2D eigenvalue weighted by molar-refractivity contribution is -0.136. The van der Waals surface area contributed by atoms with Crippen LogP contribution in [0.4, 0.5) is 0 Å². The standard InChI is InChI=1S/C22H28N2O2/c1-16(2)14-20(25)23-21(18-11-6-5-7-12-18)22(26)24(4)15-19-13-9-8-10-17(19)3/h5-13,16,21H,14-15H2,1-4H3,(H,23,25). The number of amides is 2. The van der Waals surface area contributed by atoms with Gasteiger partial charge in [0.1, 0.15) is 6.04 Å². The molecule has 1 N–H and O–H groups in total. The van der Waals surface area contributed by atoms with Crippen molar-refractivity contribution in [3.05, 3.63) is 71.3 Å². The van der Waals surface area contributed by atoms with E-state index in [4.69, 9.17) is 0 Å². The topological polar surface area (TPSA) is 49.4 Å². The van der Waals surface area contributed by atoms with E-state index in [-0.39, 0.29) is 17.7 Å². The first-order valence-corrected chi connectivity index (χ1v) is 9.02. The summed E-state index contributed by atoms with van der Waals surface area (Å²) in [6.45, 7) is 6.52. The third-order valence-corrected chi connectivity index (χ3v) is 4.32. The van der Waals surface area contributed by atoms with Crippen molar-refractivity contribution in [2.75, 3.05) is 7.05 Å². The second-order valence-electron chi connectivity index (χ2n) is 7.13. The molecule has 2 rings (SSSR count). The van der Waals surface area contributed by atoms with Crippen LogP contribution in [-0.2, 0) is 16.1 Å². The summed E-state index contributed by atoms with van der Waals surface area (Å²) in [5.74, 6) is 0.0225. The van der Waals surface area contributed by atoms with Gasteiger partial charge in [-0.25, -0.2) is 0 Å². The fourth-order valence-corrected chi connectivity index (χ4v) is 2.87. The molecule has 1 unspecified atom stereocenters. The van der Waals surface area contributed by atoms with Crippen LogP contribution in [0.5, 0.6) is 0 Å². The molecule has 0 fully saturated rings. The summed E-state index contributed by atoms with van der Waals surface area (Å²) in [4.78, 5) is 27.1. The van der Waals surface area contributed by atoms with Crippen molar-refractivity contribution in [3.8, 4) is 0 Å². The number of benzene rings is 2. The number of likely N-dealkylation sites (N-methyl/N-ethyl adjacent to an activating group) is 1. The number of carbonyl (C=O) groups is 2. The normalized spacial score (nSPS) is 11.9. The van der Waals surface area contributed by atoms with Gasteiger partial charge < -0.3 is 10.2 Å². The highest BCUT2D eigenvalue weighted by molar-refractivity contribution is 5.88. The van der Waals surface area contributed by atoms with E-state index in [2.05, 4.69) is 5.32 Å². The minimum atomic E-state index is -0.670. The van der Waals surface area contributed by atoms with E-state index in [9.17, 15) is 9.59 Å². The number of hydrogen-bond acceptors (Lipinski definition) is 2. The van der Waals surface area contributed by atoms with Gasteiger partial charge in [0.15, 0.2) is 0 Å². The van der Waals surface area contributed by atoms with Crippen LogP contribution < -0.4 is 5.32 Å². The minimum Gasteiger partial charge on any atom is -0.341 e. The molecule has 0 radical (unpaired) electrons. The molecule has 4 nitrogen and oxygen atoms in total. The first-order chi connectivity index (χ1) is 12.4. The van der Waals surface area contributed by atoms with E-state index in [0.717, 1.165) is 16.7 Å². The molecular weight excluding hydrogens is 324 g/mol. The molecule has 4 heteroatoms. The molecule has 0 aliphatic heterocycles. The number of rotatable bonds is 7. The highest BCUT2D eigenvalue weighted by Crippen LogP contribution is 2.18. The fourth-order valence-electron chi connectivity index (χ4n) is 2.87. The van der Waals surface area contributed by atoms with Gasteiger partial charge in [-0.15, -0.1) is 0 Å². The van der Waals surface area contributed by atoms with Gasteiger partial charge in [-0.05, 0) is 29.5 Å². The van der Waals surface area contributed by atoms with Gasteiger partial charge in [0, 0.05) is 20.0 Å². The molecule has 0 aliphatic carbocycles. The van der Waals surface area contributed by atoms with Crippen LogP contribution in [-0.4, -0.2) is 23.8 Å². The SMILES string of the molecule is Cc1ccccc1CN(C)C(=O)C(NC(=O)CC(C)C)c1ccccc1. The number of hydrogen-bond donors (Lipinski definition) is 1. The van der Waals surface area contributed by atoms with Crippen molar-refractivity contribution in [1.82, 2.24) is 10.2 Å². The monoisotopic (exact) mass is 352 g/mol. The van der Waals surface area contributed by atoms with Crippen LogP contribution in [0.3, 0.4) is 0 Å². The minimum absolute atomic E-state index is 0.105. The average Bonchev–Trinajstić information content (AvgIpc) is 2.61. The van der Waals surface area contributed by atoms with Crippen molar-refractivity contribution in [1.29, 1.82) is 0 Å². The molecule has 1 atom stereocenters. The summed E-state index contributed by atoms with van der Waals surface area (Å²) in [6, 6.07) is 16.8. The molecule has 2 amide bonds. The van der Waals surface area contributed by atoms with Crippen molar-refractivity contribution >= 4 is 11.8 Å². The molecule has 26 heavy (non-hydrogen) atoms. The maximum atomic E-state index is 13.1. The molecular formula is C22H28N2O2. The zero-order valence-corrected chi connectivity index (χ0v) is 16.0. The van der Waals surface area contributed by atoms with E-state index in [1.807, 2.05) is 75.4 Å². The van der Waals surface area contributed by atoms with Crippen LogP contribution >= 0.6 is 0 Å². The molecule has 0 aliphatic rings. The van der Waals surface area contributed by atoms with Crippen molar-refractivity contribution < 1.29 is 9.59 Å². The predicted molar refractivity (Wildman–Crippen MR) is 104 cm³/mol. The summed E-state index contributed by atoms with van der Waals surface area (Å²) >= 11 is 0. The van der Waals surface area contributed by atoms with Gasteiger partial charge in [0.2, 0.25) is 11.8 Å². The van der Waals surface area contributed by atoms with E-state index >= 15 is 0 Å². The fraction of sp³-hybridized carbons (Fsp3) is 0.364. The second-order valence-corrected chi connectivity index (χ2v) is 7.13. The summed E-state index contributed by atoms with van der Waals surface area (Å²) in [5, 5.41) is 2.92. The number of nitrogens with zero attached hydrogens (tertiary/aromatic N) is 1. The van der Waals surface area contributed by atoms with Crippen molar-refractivity contribution in [2.24, 2.45) is 5.92 Å². The molecule has 2 aromatic rings. The lowest BCUT2D eigenvalue weighted by atomic mass is 10.0. The lowest BCUT2D eigenvalue weighted by Gasteiger charge is -2.26. The van der Waals surface area contributed by atoms with Gasteiger partial charge in [0.25, 0.3) is 0 Å². The Morgan fingerprint density at radius 2 is 1.62 bits per heavy atom.